The van der Waals surface area contributed by atoms with Crippen LogP contribution in [0.2, 0.25) is 0 Å². The molecule has 0 saturated carbocycles. The number of nitrogens with zero attached hydrogens (tertiary/aromatic N) is 4. The molecular weight excluding hydrogens is 330 g/mol. The predicted molar refractivity (Wildman–Crippen MR) is 101 cm³/mol. The summed E-state index contributed by atoms with van der Waals surface area (Å²) in [6.45, 7) is 2.03. The van der Waals surface area contributed by atoms with E-state index in [2.05, 4.69) is 20.2 Å². The largest absolute Gasteiger partial charge is 0.492 e. The van der Waals surface area contributed by atoms with Crippen molar-refractivity contribution in [2.24, 2.45) is 0 Å². The van der Waals surface area contributed by atoms with E-state index in [-0.39, 0.29) is 5.91 Å². The van der Waals surface area contributed by atoms with Gasteiger partial charge in [-0.3, -0.25) is 4.79 Å². The second kappa shape index (κ2) is 7.97. The van der Waals surface area contributed by atoms with E-state index >= 15 is 0 Å². The van der Waals surface area contributed by atoms with Crippen molar-refractivity contribution in [3.63, 3.8) is 0 Å². The minimum Gasteiger partial charge on any atom is -0.492 e. The molecule has 1 aromatic carbocycles. The first kappa shape index (κ1) is 17.9. The smallest absolute Gasteiger partial charge is 0.269 e. The third-order valence-electron chi connectivity index (χ3n) is 4.03. The van der Waals surface area contributed by atoms with Crippen LogP contribution in [0.4, 0.5) is 0 Å². The molecule has 1 amide bonds. The van der Waals surface area contributed by atoms with Crippen LogP contribution in [-0.4, -0.2) is 59.6 Å². The third-order valence-corrected chi connectivity index (χ3v) is 4.03. The molecule has 1 N–H and O–H groups in total. The van der Waals surface area contributed by atoms with E-state index in [1.807, 2.05) is 49.0 Å². The summed E-state index contributed by atoms with van der Waals surface area (Å²) in [5, 5.41) is 2.59. The number of nitrogens with one attached hydrogen (secondary N) is 1. The van der Waals surface area contributed by atoms with E-state index in [0.29, 0.717) is 24.5 Å². The number of hydrogen-bond acceptors (Lipinski definition) is 5. The van der Waals surface area contributed by atoms with Crippen molar-refractivity contribution in [3.8, 4) is 5.75 Å². The van der Waals surface area contributed by atoms with Crippen molar-refractivity contribution in [1.82, 2.24) is 24.8 Å². The first-order valence-electron chi connectivity index (χ1n) is 8.48. The first-order valence-corrected chi connectivity index (χ1v) is 8.48. The molecule has 26 heavy (non-hydrogen) atoms. The fraction of sp³-hybridized carbons (Fsp3) is 0.316. The van der Waals surface area contributed by atoms with Crippen LogP contribution in [0.1, 0.15) is 16.1 Å². The zero-order chi connectivity index (χ0) is 18.5. The maximum absolute atomic E-state index is 11.8. The van der Waals surface area contributed by atoms with Crippen LogP contribution in [0.25, 0.3) is 11.2 Å². The molecule has 0 radical (unpaired) electrons. The molecule has 0 unspecified atom stereocenters. The van der Waals surface area contributed by atoms with Crippen LogP contribution in [-0.2, 0) is 6.54 Å². The van der Waals surface area contributed by atoms with Gasteiger partial charge in [-0.25, -0.2) is 9.97 Å². The summed E-state index contributed by atoms with van der Waals surface area (Å²) >= 11 is 0. The van der Waals surface area contributed by atoms with E-state index < -0.39 is 0 Å². The van der Waals surface area contributed by atoms with Crippen LogP contribution in [0.3, 0.4) is 0 Å². The Kier molecular flexibility index (Phi) is 5.48. The second-order valence-electron chi connectivity index (χ2n) is 6.25. The average molecular weight is 353 g/mol. The lowest BCUT2D eigenvalue weighted by Crippen LogP contribution is -2.20. The molecule has 0 atom stereocenters. The van der Waals surface area contributed by atoms with E-state index in [9.17, 15) is 4.79 Å². The number of rotatable bonds is 7. The zero-order valence-corrected chi connectivity index (χ0v) is 15.3. The number of aromatic nitrogens is 3. The molecule has 0 bridgehead atoms. The molecule has 0 aliphatic rings. The first-order chi connectivity index (χ1) is 12.6. The highest BCUT2D eigenvalue weighted by Gasteiger charge is 2.12. The highest BCUT2D eigenvalue weighted by atomic mass is 16.5. The molecule has 3 aromatic rings. The van der Waals surface area contributed by atoms with Crippen LogP contribution in [0.15, 0.2) is 42.7 Å². The van der Waals surface area contributed by atoms with Crippen LogP contribution >= 0.6 is 0 Å². The van der Waals surface area contributed by atoms with Crippen molar-refractivity contribution in [2.75, 3.05) is 34.3 Å². The van der Waals surface area contributed by atoms with Gasteiger partial charge < -0.3 is 19.5 Å². The van der Waals surface area contributed by atoms with Gasteiger partial charge in [0, 0.05) is 19.2 Å². The summed E-state index contributed by atoms with van der Waals surface area (Å²) in [6.07, 6.45) is 1.74. The van der Waals surface area contributed by atoms with Gasteiger partial charge in [-0.15, -0.1) is 0 Å². The standard InChI is InChI=1S/C19H23N5O2/c1-20-19(25)16-9-8-15-18(22-16)24(13-21-15)12-14-6-4-5-7-17(14)26-11-10-23(2)3/h4-9,13H,10-12H2,1-3H3,(H,20,25). The predicted octanol–water partition coefficient (Wildman–Crippen LogP) is 1.78. The van der Waals surface area contributed by atoms with Gasteiger partial charge in [0.2, 0.25) is 0 Å². The molecule has 0 fully saturated rings. The Hall–Kier alpha value is -2.93. The van der Waals surface area contributed by atoms with Gasteiger partial charge >= 0.3 is 0 Å². The summed E-state index contributed by atoms with van der Waals surface area (Å²) in [5.41, 5.74) is 2.84. The summed E-state index contributed by atoms with van der Waals surface area (Å²) < 4.78 is 7.85. The van der Waals surface area contributed by atoms with Crippen molar-refractivity contribution < 1.29 is 9.53 Å². The molecule has 7 nitrogen and oxygen atoms in total. The Morgan fingerprint density at radius 2 is 2.04 bits per heavy atom. The number of imidazole rings is 1. The summed E-state index contributed by atoms with van der Waals surface area (Å²) in [4.78, 5) is 22.8. The number of hydrogen-bond donors (Lipinski definition) is 1. The van der Waals surface area contributed by atoms with Crippen molar-refractivity contribution >= 4 is 17.1 Å². The number of ether oxygens (including phenoxy) is 1. The molecule has 7 heteroatoms. The molecule has 2 aromatic heterocycles. The quantitative estimate of drug-likeness (QED) is 0.701. The topological polar surface area (TPSA) is 72.3 Å². The summed E-state index contributed by atoms with van der Waals surface area (Å²) in [7, 11) is 5.62. The fourth-order valence-electron chi connectivity index (χ4n) is 2.61. The Balaban J connectivity index is 1.86. The van der Waals surface area contributed by atoms with Gasteiger partial charge in [-0.2, -0.15) is 0 Å². The van der Waals surface area contributed by atoms with E-state index in [1.54, 1.807) is 19.4 Å². The monoisotopic (exact) mass is 353 g/mol. The lowest BCUT2D eigenvalue weighted by Gasteiger charge is -2.14. The summed E-state index contributed by atoms with van der Waals surface area (Å²) in [5.74, 6) is 0.630. The van der Waals surface area contributed by atoms with Gasteiger partial charge in [0.25, 0.3) is 5.91 Å². The molecule has 0 aliphatic carbocycles. The molecular formula is C19H23N5O2. The normalized spacial score (nSPS) is 11.1. The summed E-state index contributed by atoms with van der Waals surface area (Å²) in [6, 6.07) is 11.4. The molecule has 0 saturated heterocycles. The van der Waals surface area contributed by atoms with E-state index in [1.165, 1.54) is 0 Å². The second-order valence-corrected chi connectivity index (χ2v) is 6.25. The number of pyridine rings is 1. The Morgan fingerprint density at radius 1 is 1.23 bits per heavy atom. The van der Waals surface area contributed by atoms with Crippen molar-refractivity contribution in [3.05, 3.63) is 54.0 Å². The van der Waals surface area contributed by atoms with E-state index in [0.717, 1.165) is 23.4 Å². The minimum absolute atomic E-state index is 0.216. The number of carbonyl (C=O) groups excluding carboxylic acids is 1. The van der Waals surface area contributed by atoms with Gasteiger partial charge in [0.15, 0.2) is 5.65 Å². The minimum atomic E-state index is -0.216. The van der Waals surface area contributed by atoms with Gasteiger partial charge in [-0.05, 0) is 32.3 Å². The number of para-hydroxylation sites is 1. The molecule has 0 aliphatic heterocycles. The van der Waals surface area contributed by atoms with Crippen LogP contribution in [0, 0.1) is 0 Å². The highest BCUT2D eigenvalue weighted by molar-refractivity contribution is 5.93. The van der Waals surface area contributed by atoms with E-state index in [4.69, 9.17) is 4.74 Å². The number of amides is 1. The SMILES string of the molecule is CNC(=O)c1ccc2ncn(Cc3ccccc3OCCN(C)C)c2n1. The molecule has 3 rings (SSSR count). The molecule has 136 valence electrons. The lowest BCUT2D eigenvalue weighted by molar-refractivity contribution is 0.0958. The average Bonchev–Trinajstić information content (AvgIpc) is 3.04. The molecule has 0 spiro atoms. The Bertz CT molecular complexity index is 904. The maximum Gasteiger partial charge on any atom is 0.269 e. The number of likely N-dealkylation sites (N-methyl/N-ethyl adjacent to an activating group) is 1. The third kappa shape index (κ3) is 4.00. The Morgan fingerprint density at radius 3 is 2.81 bits per heavy atom. The van der Waals surface area contributed by atoms with Crippen molar-refractivity contribution in [1.29, 1.82) is 0 Å². The number of fused-ring (bicyclic) bond motifs is 1. The number of carbonyl (C=O) groups is 1. The van der Waals surface area contributed by atoms with Crippen LogP contribution < -0.4 is 10.1 Å². The van der Waals surface area contributed by atoms with Crippen LogP contribution in [0.5, 0.6) is 5.75 Å². The Labute approximate surface area is 152 Å². The highest BCUT2D eigenvalue weighted by Crippen LogP contribution is 2.21. The fourth-order valence-corrected chi connectivity index (χ4v) is 2.61. The molecule has 2 heterocycles. The maximum atomic E-state index is 11.8. The number of benzene rings is 1. The van der Waals surface area contributed by atoms with Crippen molar-refractivity contribution in [2.45, 2.75) is 6.54 Å². The van der Waals surface area contributed by atoms with Gasteiger partial charge in [-0.1, -0.05) is 18.2 Å². The van der Waals surface area contributed by atoms with Gasteiger partial charge in [0.1, 0.15) is 23.6 Å². The lowest BCUT2D eigenvalue weighted by atomic mass is 10.2. The van der Waals surface area contributed by atoms with Gasteiger partial charge in [0.05, 0.1) is 12.9 Å². The zero-order valence-electron chi connectivity index (χ0n) is 15.3.